The summed E-state index contributed by atoms with van der Waals surface area (Å²) in [5.41, 5.74) is 2.79. The summed E-state index contributed by atoms with van der Waals surface area (Å²) in [5, 5.41) is 0. The van der Waals surface area contributed by atoms with Gasteiger partial charge in [0.25, 0.3) is 0 Å². The van der Waals surface area contributed by atoms with E-state index in [0.717, 1.165) is 28.3 Å². The van der Waals surface area contributed by atoms with Crippen LogP contribution in [0.1, 0.15) is 5.56 Å². The molecule has 3 aromatic carbocycles. The first-order valence-electron chi connectivity index (χ1n) is 11.5. The third kappa shape index (κ3) is 5.18. The Kier molecular flexibility index (Phi) is 6.48. The van der Waals surface area contributed by atoms with Crippen molar-refractivity contribution in [3.8, 4) is 22.8 Å². The van der Waals surface area contributed by atoms with E-state index in [9.17, 15) is 8.42 Å². The summed E-state index contributed by atoms with van der Waals surface area (Å²) in [6.07, 6.45) is 1.74. The highest BCUT2D eigenvalue weighted by atomic mass is 32.2. The summed E-state index contributed by atoms with van der Waals surface area (Å²) in [6, 6.07) is 26.3. The van der Waals surface area contributed by atoms with E-state index in [1.165, 1.54) is 4.31 Å². The molecule has 0 bridgehead atoms. The van der Waals surface area contributed by atoms with Gasteiger partial charge in [-0.25, -0.2) is 18.4 Å². The van der Waals surface area contributed by atoms with Crippen molar-refractivity contribution in [2.24, 2.45) is 0 Å². The van der Waals surface area contributed by atoms with Gasteiger partial charge in [0.05, 0.1) is 10.6 Å². The number of para-hydroxylation sites is 1. The first-order chi connectivity index (χ1) is 17.0. The molecule has 1 aliphatic rings. The third-order valence-corrected chi connectivity index (χ3v) is 7.86. The lowest BCUT2D eigenvalue weighted by molar-refractivity contribution is 0.382. The number of piperazine rings is 1. The van der Waals surface area contributed by atoms with Crippen molar-refractivity contribution < 1.29 is 13.2 Å². The number of aromatic nitrogens is 2. The van der Waals surface area contributed by atoms with Crippen LogP contribution < -0.4 is 9.64 Å². The molecule has 7 nitrogen and oxygen atoms in total. The van der Waals surface area contributed by atoms with Gasteiger partial charge in [-0.15, -0.1) is 0 Å². The minimum Gasteiger partial charge on any atom is -0.457 e. The number of aryl methyl sites for hydroxylation is 1. The predicted molar refractivity (Wildman–Crippen MR) is 136 cm³/mol. The molecule has 4 aromatic rings. The third-order valence-electron chi connectivity index (χ3n) is 5.95. The average molecular weight is 487 g/mol. The Morgan fingerprint density at radius 1 is 0.771 bits per heavy atom. The first-order valence-corrected chi connectivity index (χ1v) is 12.9. The van der Waals surface area contributed by atoms with Crippen molar-refractivity contribution in [2.45, 2.75) is 11.8 Å². The Balaban J connectivity index is 1.25. The normalized spacial score (nSPS) is 14.6. The molecule has 0 N–H and O–H groups in total. The van der Waals surface area contributed by atoms with E-state index in [1.54, 1.807) is 18.3 Å². The lowest BCUT2D eigenvalue weighted by Gasteiger charge is -2.34. The lowest BCUT2D eigenvalue weighted by Crippen LogP contribution is -2.49. The van der Waals surface area contributed by atoms with Crippen molar-refractivity contribution in [1.29, 1.82) is 0 Å². The zero-order valence-electron chi connectivity index (χ0n) is 19.4. The van der Waals surface area contributed by atoms with Crippen LogP contribution >= 0.6 is 0 Å². The molecule has 5 rings (SSSR count). The van der Waals surface area contributed by atoms with E-state index < -0.39 is 10.0 Å². The molecular formula is C27H26N4O3S. The van der Waals surface area contributed by atoms with Crippen LogP contribution in [0.25, 0.3) is 11.3 Å². The van der Waals surface area contributed by atoms with Crippen LogP contribution in [0.3, 0.4) is 0 Å². The Morgan fingerprint density at radius 2 is 1.43 bits per heavy atom. The van der Waals surface area contributed by atoms with Crippen molar-refractivity contribution in [2.75, 3.05) is 31.1 Å². The van der Waals surface area contributed by atoms with Crippen molar-refractivity contribution in [3.63, 3.8) is 0 Å². The molecule has 0 aliphatic carbocycles. The molecule has 1 saturated heterocycles. The Morgan fingerprint density at radius 3 is 2.11 bits per heavy atom. The Labute approximate surface area is 205 Å². The fourth-order valence-corrected chi connectivity index (χ4v) is 5.39. The fourth-order valence-electron chi connectivity index (χ4n) is 3.97. The predicted octanol–water partition coefficient (Wildman–Crippen LogP) is 4.76. The van der Waals surface area contributed by atoms with Gasteiger partial charge in [-0.2, -0.15) is 4.31 Å². The van der Waals surface area contributed by atoms with Gasteiger partial charge in [0, 0.05) is 37.9 Å². The quantitative estimate of drug-likeness (QED) is 0.391. The molecule has 8 heteroatoms. The maximum atomic E-state index is 13.0. The van der Waals surface area contributed by atoms with Crippen LogP contribution in [0.2, 0.25) is 0 Å². The molecule has 178 valence electrons. The zero-order valence-corrected chi connectivity index (χ0v) is 20.2. The molecule has 0 unspecified atom stereocenters. The Hall–Kier alpha value is -3.75. The molecule has 0 spiro atoms. The van der Waals surface area contributed by atoms with E-state index in [1.807, 2.05) is 84.6 Å². The van der Waals surface area contributed by atoms with Gasteiger partial charge in [0.15, 0.2) is 0 Å². The highest BCUT2D eigenvalue weighted by Gasteiger charge is 2.29. The molecule has 2 heterocycles. The topological polar surface area (TPSA) is 75.6 Å². The fraction of sp³-hybridized carbons (Fsp3) is 0.185. The van der Waals surface area contributed by atoms with E-state index in [4.69, 9.17) is 9.72 Å². The monoisotopic (exact) mass is 486 g/mol. The number of sulfonamides is 1. The van der Waals surface area contributed by atoms with Crippen molar-refractivity contribution >= 4 is 16.0 Å². The van der Waals surface area contributed by atoms with Crippen LogP contribution in [-0.4, -0.2) is 48.9 Å². The smallest absolute Gasteiger partial charge is 0.243 e. The highest BCUT2D eigenvalue weighted by molar-refractivity contribution is 7.89. The second-order valence-electron chi connectivity index (χ2n) is 8.39. The van der Waals surface area contributed by atoms with Gasteiger partial charge in [0.2, 0.25) is 16.0 Å². The van der Waals surface area contributed by atoms with E-state index in [-0.39, 0.29) is 0 Å². The summed E-state index contributed by atoms with van der Waals surface area (Å²) < 4.78 is 33.4. The molecule has 1 aromatic heterocycles. The maximum absolute atomic E-state index is 13.0. The molecule has 0 radical (unpaired) electrons. The summed E-state index contributed by atoms with van der Waals surface area (Å²) in [6.45, 7) is 3.76. The molecule has 0 atom stereocenters. The standard InChI is InChI=1S/C27H26N4O3S/c1-21-7-13-25(14-8-21)35(32,33)31-19-17-30(18-20-31)27-28-16-15-26(29-27)22-9-11-24(12-10-22)34-23-5-3-2-4-6-23/h2-16H,17-20H2,1H3. The number of rotatable bonds is 6. The van der Waals surface area contributed by atoms with Crippen LogP contribution in [0.15, 0.2) is 96.0 Å². The van der Waals surface area contributed by atoms with Crippen LogP contribution in [0, 0.1) is 6.92 Å². The highest BCUT2D eigenvalue weighted by Crippen LogP contribution is 2.26. The number of hydrogen-bond donors (Lipinski definition) is 0. The summed E-state index contributed by atoms with van der Waals surface area (Å²) in [5.74, 6) is 2.13. The lowest BCUT2D eigenvalue weighted by atomic mass is 10.1. The van der Waals surface area contributed by atoms with E-state index in [2.05, 4.69) is 4.98 Å². The second-order valence-corrected chi connectivity index (χ2v) is 10.3. The minimum atomic E-state index is -3.51. The number of nitrogens with zero attached hydrogens (tertiary/aromatic N) is 4. The second kappa shape index (κ2) is 9.85. The van der Waals surface area contributed by atoms with E-state index >= 15 is 0 Å². The number of benzene rings is 3. The van der Waals surface area contributed by atoms with Crippen LogP contribution in [0.4, 0.5) is 5.95 Å². The molecule has 0 saturated carbocycles. The van der Waals surface area contributed by atoms with Gasteiger partial charge in [-0.05, 0) is 61.5 Å². The summed E-state index contributed by atoms with van der Waals surface area (Å²) in [4.78, 5) is 11.5. The molecule has 1 fully saturated rings. The van der Waals surface area contributed by atoms with Crippen LogP contribution in [-0.2, 0) is 10.0 Å². The first kappa shape index (κ1) is 23.0. The van der Waals surface area contributed by atoms with E-state index in [0.29, 0.717) is 37.0 Å². The van der Waals surface area contributed by atoms with Crippen LogP contribution in [0.5, 0.6) is 11.5 Å². The average Bonchev–Trinajstić information content (AvgIpc) is 2.90. The number of ether oxygens (including phenoxy) is 1. The van der Waals surface area contributed by atoms with Gasteiger partial charge in [0.1, 0.15) is 11.5 Å². The van der Waals surface area contributed by atoms with Gasteiger partial charge in [-0.3, -0.25) is 0 Å². The summed E-state index contributed by atoms with van der Waals surface area (Å²) >= 11 is 0. The van der Waals surface area contributed by atoms with Gasteiger partial charge < -0.3 is 9.64 Å². The molecule has 35 heavy (non-hydrogen) atoms. The zero-order chi connectivity index (χ0) is 24.3. The SMILES string of the molecule is Cc1ccc(S(=O)(=O)N2CCN(c3nccc(-c4ccc(Oc5ccccc5)cc4)n3)CC2)cc1. The largest absolute Gasteiger partial charge is 0.457 e. The summed E-state index contributed by atoms with van der Waals surface area (Å²) in [7, 11) is -3.51. The molecule has 0 amide bonds. The van der Waals surface area contributed by atoms with Gasteiger partial charge in [-0.1, -0.05) is 35.9 Å². The van der Waals surface area contributed by atoms with Crippen molar-refractivity contribution in [3.05, 3.63) is 96.7 Å². The van der Waals surface area contributed by atoms with Crippen molar-refractivity contribution in [1.82, 2.24) is 14.3 Å². The van der Waals surface area contributed by atoms with Gasteiger partial charge >= 0.3 is 0 Å². The molecule has 1 aliphatic heterocycles. The number of anilines is 1. The number of hydrogen-bond acceptors (Lipinski definition) is 6. The Bertz CT molecular complexity index is 1380. The molecular weight excluding hydrogens is 460 g/mol. The maximum Gasteiger partial charge on any atom is 0.243 e. The minimum absolute atomic E-state index is 0.328.